The van der Waals surface area contributed by atoms with E-state index in [-0.39, 0.29) is 0 Å². The van der Waals surface area contributed by atoms with Crippen LogP contribution in [0.3, 0.4) is 0 Å². The molecule has 0 radical (unpaired) electrons. The molecule has 0 aromatic carbocycles. The SMILES string of the molecule is CNc1cc(NC2CC3CCC2O3)nc(C)n1. The quantitative estimate of drug-likeness (QED) is 0.831. The second-order valence-electron chi connectivity index (χ2n) is 4.80. The Kier molecular flexibility index (Phi) is 2.63. The summed E-state index contributed by atoms with van der Waals surface area (Å²) in [6, 6.07) is 2.35. The number of aromatic nitrogens is 2. The van der Waals surface area contributed by atoms with Crippen LogP contribution in [0.1, 0.15) is 25.1 Å². The van der Waals surface area contributed by atoms with Gasteiger partial charge in [-0.2, -0.15) is 0 Å². The minimum absolute atomic E-state index is 0.369. The zero-order valence-electron chi connectivity index (χ0n) is 10.2. The number of aryl methyl sites for hydroxylation is 1. The van der Waals surface area contributed by atoms with Crippen LogP contribution in [0.25, 0.3) is 0 Å². The maximum absolute atomic E-state index is 5.82. The lowest BCUT2D eigenvalue weighted by Gasteiger charge is -2.20. The number of rotatable bonds is 3. The molecular weight excluding hydrogens is 216 g/mol. The standard InChI is InChI=1S/C12H18N4O/c1-7-14-11(13-2)6-12(15-7)16-9-5-8-3-4-10(9)17-8/h6,8-10H,3-5H2,1-2H3,(H2,13,14,15,16). The molecule has 5 heteroatoms. The van der Waals surface area contributed by atoms with E-state index in [4.69, 9.17) is 4.74 Å². The van der Waals surface area contributed by atoms with Crippen molar-refractivity contribution >= 4 is 11.6 Å². The summed E-state index contributed by atoms with van der Waals surface area (Å²) in [6.07, 6.45) is 4.32. The highest BCUT2D eigenvalue weighted by atomic mass is 16.5. The highest BCUT2D eigenvalue weighted by Gasteiger charge is 2.40. The average Bonchev–Trinajstić information content (AvgIpc) is 2.90. The molecule has 2 saturated heterocycles. The van der Waals surface area contributed by atoms with Crippen LogP contribution < -0.4 is 10.6 Å². The van der Waals surface area contributed by atoms with Gasteiger partial charge in [0.2, 0.25) is 0 Å². The lowest BCUT2D eigenvalue weighted by molar-refractivity contribution is 0.102. The third-order valence-corrected chi connectivity index (χ3v) is 3.53. The highest BCUT2D eigenvalue weighted by Crippen LogP contribution is 2.35. The monoisotopic (exact) mass is 234 g/mol. The second-order valence-corrected chi connectivity index (χ2v) is 4.80. The first-order valence-corrected chi connectivity index (χ1v) is 6.20. The van der Waals surface area contributed by atoms with Crippen molar-refractivity contribution < 1.29 is 4.74 Å². The maximum atomic E-state index is 5.82. The molecule has 2 aliphatic heterocycles. The highest BCUT2D eigenvalue weighted by molar-refractivity contribution is 5.48. The summed E-state index contributed by atoms with van der Waals surface area (Å²) in [4.78, 5) is 8.69. The van der Waals surface area contributed by atoms with E-state index >= 15 is 0 Å². The van der Waals surface area contributed by atoms with Crippen molar-refractivity contribution in [2.24, 2.45) is 0 Å². The van der Waals surface area contributed by atoms with Crippen LogP contribution in [0.5, 0.6) is 0 Å². The molecule has 5 nitrogen and oxygen atoms in total. The summed E-state index contributed by atoms with van der Waals surface area (Å²) in [6.45, 7) is 1.91. The Morgan fingerprint density at radius 1 is 1.29 bits per heavy atom. The molecule has 17 heavy (non-hydrogen) atoms. The van der Waals surface area contributed by atoms with Crippen LogP contribution >= 0.6 is 0 Å². The van der Waals surface area contributed by atoms with Crippen molar-refractivity contribution in [2.45, 2.75) is 44.4 Å². The van der Waals surface area contributed by atoms with Crippen molar-refractivity contribution in [1.82, 2.24) is 9.97 Å². The Bertz CT molecular complexity index is 423. The molecule has 3 unspecified atom stereocenters. The Morgan fingerprint density at radius 2 is 2.12 bits per heavy atom. The maximum Gasteiger partial charge on any atom is 0.132 e. The topological polar surface area (TPSA) is 59.1 Å². The summed E-state index contributed by atoms with van der Waals surface area (Å²) < 4.78 is 5.82. The van der Waals surface area contributed by atoms with Gasteiger partial charge in [-0.3, -0.25) is 0 Å². The Labute approximate surface area is 101 Å². The van der Waals surface area contributed by atoms with Crippen LogP contribution in [0.15, 0.2) is 6.07 Å². The summed E-state index contributed by atoms with van der Waals surface area (Å²) in [7, 11) is 1.87. The molecule has 0 spiro atoms. The van der Waals surface area contributed by atoms with E-state index in [1.165, 1.54) is 12.8 Å². The molecule has 3 heterocycles. The van der Waals surface area contributed by atoms with E-state index in [2.05, 4.69) is 20.6 Å². The van der Waals surface area contributed by atoms with Crippen LogP contribution in [-0.2, 0) is 4.74 Å². The third kappa shape index (κ3) is 2.07. The van der Waals surface area contributed by atoms with E-state index < -0.39 is 0 Å². The van der Waals surface area contributed by atoms with E-state index in [1.807, 2.05) is 20.0 Å². The van der Waals surface area contributed by atoms with Crippen molar-refractivity contribution in [3.63, 3.8) is 0 Å². The van der Waals surface area contributed by atoms with Gasteiger partial charge in [-0.15, -0.1) is 0 Å². The number of nitrogens with one attached hydrogen (secondary N) is 2. The minimum atomic E-state index is 0.369. The second kappa shape index (κ2) is 4.14. The molecule has 2 fully saturated rings. The normalized spacial score (nSPS) is 30.6. The summed E-state index contributed by atoms with van der Waals surface area (Å²) in [5.41, 5.74) is 0. The number of anilines is 2. The molecule has 2 bridgehead atoms. The molecule has 0 saturated carbocycles. The molecule has 2 aliphatic rings. The Hall–Kier alpha value is -1.36. The van der Waals surface area contributed by atoms with Crippen LogP contribution in [0.2, 0.25) is 0 Å². The predicted octanol–water partition coefficient (Wildman–Crippen LogP) is 1.56. The van der Waals surface area contributed by atoms with E-state index in [0.717, 1.165) is 23.9 Å². The van der Waals surface area contributed by atoms with Gasteiger partial charge < -0.3 is 15.4 Å². The van der Waals surface area contributed by atoms with Crippen LogP contribution in [-0.4, -0.2) is 35.3 Å². The van der Waals surface area contributed by atoms with E-state index in [9.17, 15) is 0 Å². The number of hydrogen-bond donors (Lipinski definition) is 2. The molecule has 0 amide bonds. The van der Waals surface area contributed by atoms with Gasteiger partial charge in [0.15, 0.2) is 0 Å². The lowest BCUT2D eigenvalue weighted by atomic mass is 9.95. The molecule has 3 rings (SSSR count). The molecule has 92 valence electrons. The fourth-order valence-corrected chi connectivity index (χ4v) is 2.75. The first-order chi connectivity index (χ1) is 8.24. The Morgan fingerprint density at radius 3 is 2.76 bits per heavy atom. The molecule has 1 aromatic heterocycles. The largest absolute Gasteiger partial charge is 0.373 e. The van der Waals surface area contributed by atoms with Crippen molar-refractivity contribution in [3.8, 4) is 0 Å². The van der Waals surface area contributed by atoms with E-state index in [0.29, 0.717) is 18.2 Å². The fraction of sp³-hybridized carbons (Fsp3) is 0.667. The van der Waals surface area contributed by atoms with Gasteiger partial charge in [0.1, 0.15) is 17.5 Å². The molecular formula is C12H18N4O. The number of fused-ring (bicyclic) bond motifs is 2. The fourth-order valence-electron chi connectivity index (χ4n) is 2.75. The molecule has 2 N–H and O–H groups in total. The van der Waals surface area contributed by atoms with Gasteiger partial charge in [0, 0.05) is 13.1 Å². The van der Waals surface area contributed by atoms with Crippen molar-refractivity contribution in [1.29, 1.82) is 0 Å². The first-order valence-electron chi connectivity index (χ1n) is 6.20. The zero-order valence-corrected chi connectivity index (χ0v) is 10.2. The van der Waals surface area contributed by atoms with E-state index in [1.54, 1.807) is 0 Å². The average molecular weight is 234 g/mol. The minimum Gasteiger partial charge on any atom is -0.373 e. The van der Waals surface area contributed by atoms with Gasteiger partial charge in [0.25, 0.3) is 0 Å². The summed E-state index contributed by atoms with van der Waals surface area (Å²) in [5.74, 6) is 2.52. The van der Waals surface area contributed by atoms with Gasteiger partial charge in [-0.25, -0.2) is 9.97 Å². The zero-order chi connectivity index (χ0) is 11.8. The van der Waals surface area contributed by atoms with Crippen molar-refractivity contribution in [2.75, 3.05) is 17.7 Å². The predicted molar refractivity (Wildman–Crippen MR) is 66.2 cm³/mol. The smallest absolute Gasteiger partial charge is 0.132 e. The molecule has 1 aromatic rings. The van der Waals surface area contributed by atoms with Gasteiger partial charge >= 0.3 is 0 Å². The van der Waals surface area contributed by atoms with Crippen LogP contribution in [0.4, 0.5) is 11.6 Å². The lowest BCUT2D eigenvalue weighted by Crippen LogP contribution is -2.30. The van der Waals surface area contributed by atoms with Gasteiger partial charge in [-0.05, 0) is 26.2 Å². The van der Waals surface area contributed by atoms with Gasteiger partial charge in [0.05, 0.1) is 18.2 Å². The Balaban J connectivity index is 1.74. The first kappa shape index (κ1) is 10.8. The van der Waals surface area contributed by atoms with Crippen LogP contribution in [0, 0.1) is 6.92 Å². The number of ether oxygens (including phenoxy) is 1. The summed E-state index contributed by atoms with van der Waals surface area (Å²) in [5, 5.41) is 6.52. The van der Waals surface area contributed by atoms with Crippen molar-refractivity contribution in [3.05, 3.63) is 11.9 Å². The number of nitrogens with zero attached hydrogens (tertiary/aromatic N) is 2. The third-order valence-electron chi connectivity index (χ3n) is 3.53. The molecule has 3 atom stereocenters. The summed E-state index contributed by atoms with van der Waals surface area (Å²) >= 11 is 0. The van der Waals surface area contributed by atoms with Gasteiger partial charge in [-0.1, -0.05) is 0 Å². The number of hydrogen-bond acceptors (Lipinski definition) is 5. The molecule has 0 aliphatic carbocycles.